The minimum absolute atomic E-state index is 0.181. The van der Waals surface area contributed by atoms with Gasteiger partial charge in [-0.2, -0.15) is 5.10 Å². The minimum atomic E-state index is -0.669. The van der Waals surface area contributed by atoms with Crippen molar-refractivity contribution in [3.05, 3.63) is 18.0 Å². The second-order valence-electron chi connectivity index (χ2n) is 4.32. The fourth-order valence-electron chi connectivity index (χ4n) is 1.70. The highest BCUT2D eigenvalue weighted by Gasteiger charge is 2.27. The van der Waals surface area contributed by atoms with Crippen LogP contribution in [-0.4, -0.2) is 28.9 Å². The number of esters is 1. The lowest BCUT2D eigenvalue weighted by Gasteiger charge is -2.17. The Morgan fingerprint density at radius 2 is 2.38 bits per heavy atom. The Kier molecular flexibility index (Phi) is 2.96. The van der Waals surface area contributed by atoms with Crippen LogP contribution < -0.4 is 5.73 Å². The summed E-state index contributed by atoms with van der Waals surface area (Å²) >= 11 is 0. The zero-order valence-electron chi connectivity index (χ0n) is 9.59. The topological polar surface area (TPSA) is 70.1 Å². The van der Waals surface area contributed by atoms with Crippen LogP contribution in [0.1, 0.15) is 37.3 Å². The van der Waals surface area contributed by atoms with Gasteiger partial charge in [-0.25, -0.2) is 0 Å². The Morgan fingerprint density at radius 3 is 2.94 bits per heavy atom. The van der Waals surface area contributed by atoms with Crippen molar-refractivity contribution in [2.45, 2.75) is 37.8 Å². The van der Waals surface area contributed by atoms with Crippen molar-refractivity contribution in [3.8, 4) is 0 Å². The average Bonchev–Trinajstić information content (AvgIpc) is 3.04. The smallest absolute Gasteiger partial charge is 0.324 e. The first-order valence-electron chi connectivity index (χ1n) is 5.51. The summed E-state index contributed by atoms with van der Waals surface area (Å²) in [4.78, 5) is 11.3. The SMILES string of the molecule is COC(=O)C(N)C(C)n1cc(C2CC2)cn1. The van der Waals surface area contributed by atoms with Crippen molar-refractivity contribution >= 4 is 5.97 Å². The monoisotopic (exact) mass is 223 g/mol. The number of carbonyl (C=O) groups excluding carboxylic acids is 1. The highest BCUT2D eigenvalue weighted by molar-refractivity contribution is 5.75. The van der Waals surface area contributed by atoms with Crippen molar-refractivity contribution in [2.24, 2.45) is 5.73 Å². The van der Waals surface area contributed by atoms with Crippen molar-refractivity contribution < 1.29 is 9.53 Å². The van der Waals surface area contributed by atoms with Gasteiger partial charge in [-0.1, -0.05) is 0 Å². The summed E-state index contributed by atoms with van der Waals surface area (Å²) in [6.07, 6.45) is 6.32. The first kappa shape index (κ1) is 11.1. The molecule has 2 unspecified atom stereocenters. The maximum atomic E-state index is 11.3. The molecular weight excluding hydrogens is 206 g/mol. The Labute approximate surface area is 94.6 Å². The molecule has 0 aromatic carbocycles. The van der Waals surface area contributed by atoms with E-state index in [4.69, 9.17) is 5.73 Å². The molecule has 1 fully saturated rings. The second-order valence-corrected chi connectivity index (χ2v) is 4.32. The van der Waals surface area contributed by atoms with Crippen LogP contribution >= 0.6 is 0 Å². The Hall–Kier alpha value is -1.36. The fourth-order valence-corrected chi connectivity index (χ4v) is 1.70. The van der Waals surface area contributed by atoms with E-state index >= 15 is 0 Å². The summed E-state index contributed by atoms with van der Waals surface area (Å²) in [5, 5.41) is 4.24. The van der Waals surface area contributed by atoms with Crippen LogP contribution in [0.2, 0.25) is 0 Å². The van der Waals surface area contributed by atoms with Crippen LogP contribution in [-0.2, 0) is 9.53 Å². The summed E-state index contributed by atoms with van der Waals surface area (Å²) in [6.45, 7) is 1.87. The molecule has 16 heavy (non-hydrogen) atoms. The number of hydrogen-bond donors (Lipinski definition) is 1. The van der Waals surface area contributed by atoms with Gasteiger partial charge in [0, 0.05) is 6.20 Å². The van der Waals surface area contributed by atoms with Crippen LogP contribution in [0.3, 0.4) is 0 Å². The molecular formula is C11H17N3O2. The van der Waals surface area contributed by atoms with Gasteiger partial charge in [-0.15, -0.1) is 0 Å². The van der Waals surface area contributed by atoms with Crippen molar-refractivity contribution in [3.63, 3.8) is 0 Å². The number of rotatable bonds is 4. The van der Waals surface area contributed by atoms with Crippen LogP contribution in [0.15, 0.2) is 12.4 Å². The maximum absolute atomic E-state index is 11.3. The maximum Gasteiger partial charge on any atom is 0.324 e. The molecule has 88 valence electrons. The van der Waals surface area contributed by atoms with Gasteiger partial charge in [0.15, 0.2) is 0 Å². The number of carbonyl (C=O) groups is 1. The molecule has 0 aliphatic heterocycles. The van der Waals surface area contributed by atoms with E-state index in [-0.39, 0.29) is 6.04 Å². The van der Waals surface area contributed by atoms with E-state index in [2.05, 4.69) is 9.84 Å². The quantitative estimate of drug-likeness (QED) is 0.767. The van der Waals surface area contributed by atoms with Gasteiger partial charge in [0.05, 0.1) is 19.3 Å². The Balaban J connectivity index is 2.07. The van der Waals surface area contributed by atoms with E-state index in [1.54, 1.807) is 4.68 Å². The first-order valence-corrected chi connectivity index (χ1v) is 5.51. The molecule has 0 bridgehead atoms. The molecule has 1 aliphatic carbocycles. The standard InChI is InChI=1S/C11H17N3O2/c1-7(10(12)11(15)16-2)14-6-9(5-13-14)8-3-4-8/h5-8,10H,3-4,12H2,1-2H3. The number of hydrogen-bond acceptors (Lipinski definition) is 4. The summed E-state index contributed by atoms with van der Waals surface area (Å²) in [6, 6.07) is -0.850. The number of nitrogens with two attached hydrogens (primary N) is 1. The second kappa shape index (κ2) is 4.25. The van der Waals surface area contributed by atoms with Crippen LogP contribution in [0, 0.1) is 0 Å². The van der Waals surface area contributed by atoms with Crippen molar-refractivity contribution in [1.29, 1.82) is 0 Å². The summed E-state index contributed by atoms with van der Waals surface area (Å²) in [5.74, 6) is 0.256. The lowest BCUT2D eigenvalue weighted by Crippen LogP contribution is -2.39. The molecule has 1 saturated carbocycles. The van der Waals surface area contributed by atoms with Gasteiger partial charge in [0.25, 0.3) is 0 Å². The molecule has 5 heteroatoms. The van der Waals surface area contributed by atoms with Gasteiger partial charge in [-0.05, 0) is 31.2 Å². The third-order valence-electron chi connectivity index (χ3n) is 3.08. The molecule has 1 aromatic heterocycles. The van der Waals surface area contributed by atoms with Crippen LogP contribution in [0.4, 0.5) is 0 Å². The Bertz CT molecular complexity index is 384. The van der Waals surface area contributed by atoms with E-state index in [0.29, 0.717) is 5.92 Å². The predicted molar refractivity (Wildman–Crippen MR) is 58.9 cm³/mol. The number of methoxy groups -OCH3 is 1. The normalized spacial score (nSPS) is 19.2. The number of nitrogens with zero attached hydrogens (tertiary/aromatic N) is 2. The molecule has 0 saturated heterocycles. The summed E-state index contributed by atoms with van der Waals surface area (Å²) in [5.41, 5.74) is 7.01. The number of aromatic nitrogens is 2. The van der Waals surface area contributed by atoms with E-state index < -0.39 is 12.0 Å². The van der Waals surface area contributed by atoms with Crippen LogP contribution in [0.25, 0.3) is 0 Å². The molecule has 1 heterocycles. The molecule has 1 aliphatic rings. The van der Waals surface area contributed by atoms with Gasteiger partial charge in [0.2, 0.25) is 0 Å². The largest absolute Gasteiger partial charge is 0.468 e. The highest BCUT2D eigenvalue weighted by Crippen LogP contribution is 2.39. The third-order valence-corrected chi connectivity index (χ3v) is 3.08. The van der Waals surface area contributed by atoms with Gasteiger partial charge >= 0.3 is 5.97 Å². The molecule has 1 aromatic rings. The zero-order valence-corrected chi connectivity index (χ0v) is 9.59. The first-order chi connectivity index (χ1) is 7.63. The van der Waals surface area contributed by atoms with E-state index in [1.807, 2.05) is 19.3 Å². The molecule has 0 radical (unpaired) electrons. The van der Waals surface area contributed by atoms with Crippen LogP contribution in [0.5, 0.6) is 0 Å². The van der Waals surface area contributed by atoms with Gasteiger partial charge in [-0.3, -0.25) is 9.48 Å². The molecule has 5 nitrogen and oxygen atoms in total. The predicted octanol–water partition coefficient (Wildman–Crippen LogP) is 0.822. The van der Waals surface area contributed by atoms with E-state index in [0.717, 1.165) is 0 Å². The molecule has 2 N–H and O–H groups in total. The summed E-state index contributed by atoms with van der Waals surface area (Å²) < 4.78 is 6.36. The van der Waals surface area contributed by atoms with Crippen molar-refractivity contribution in [2.75, 3.05) is 7.11 Å². The van der Waals surface area contributed by atoms with E-state index in [9.17, 15) is 4.79 Å². The molecule has 2 rings (SSSR count). The minimum Gasteiger partial charge on any atom is -0.468 e. The molecule has 0 spiro atoms. The number of ether oxygens (including phenoxy) is 1. The lowest BCUT2D eigenvalue weighted by molar-refractivity contribution is -0.143. The highest BCUT2D eigenvalue weighted by atomic mass is 16.5. The fraction of sp³-hybridized carbons (Fsp3) is 0.636. The van der Waals surface area contributed by atoms with E-state index in [1.165, 1.54) is 25.5 Å². The Morgan fingerprint density at radius 1 is 1.69 bits per heavy atom. The van der Waals surface area contributed by atoms with Crippen molar-refractivity contribution in [1.82, 2.24) is 9.78 Å². The molecule has 0 amide bonds. The van der Waals surface area contributed by atoms with Gasteiger partial charge in [0.1, 0.15) is 6.04 Å². The molecule has 2 atom stereocenters. The van der Waals surface area contributed by atoms with Gasteiger partial charge < -0.3 is 10.5 Å². The zero-order chi connectivity index (χ0) is 11.7. The third kappa shape index (κ3) is 2.09. The lowest BCUT2D eigenvalue weighted by atomic mass is 10.1. The average molecular weight is 223 g/mol. The summed E-state index contributed by atoms with van der Waals surface area (Å²) in [7, 11) is 1.34.